The Kier molecular flexibility index (Phi) is 8.00. The summed E-state index contributed by atoms with van der Waals surface area (Å²) in [4.78, 5) is 27.4. The summed E-state index contributed by atoms with van der Waals surface area (Å²) < 4.78 is 5.69. The van der Waals surface area contributed by atoms with Gasteiger partial charge in [0.2, 0.25) is 0 Å². The third-order valence-corrected chi connectivity index (χ3v) is 5.16. The molecular formula is C24H29N3O3S. The van der Waals surface area contributed by atoms with Crippen molar-refractivity contribution in [2.45, 2.75) is 33.1 Å². The van der Waals surface area contributed by atoms with Gasteiger partial charge in [0, 0.05) is 18.7 Å². The van der Waals surface area contributed by atoms with E-state index in [1.165, 1.54) is 0 Å². The second-order valence-electron chi connectivity index (χ2n) is 8.04. The third-order valence-electron chi connectivity index (χ3n) is 4.96. The number of hydrogen-bond acceptors (Lipinski definition) is 4. The van der Waals surface area contributed by atoms with Crippen molar-refractivity contribution < 1.29 is 14.3 Å². The molecule has 1 fully saturated rings. The van der Waals surface area contributed by atoms with E-state index in [1.807, 2.05) is 23.1 Å². The maximum atomic E-state index is 12.9. The molecule has 0 unspecified atom stereocenters. The number of carbonyl (C=O) groups is 2. The van der Waals surface area contributed by atoms with Crippen LogP contribution in [0.4, 0.5) is 5.69 Å². The quantitative estimate of drug-likeness (QED) is 0.650. The standard InChI is InChI=1S/C24H29N3O3S/c1-17(2)16-30-19-10-8-9-18(15-19)22(28)26-24(31)25-21-12-5-4-11-20(21)23(29)27-13-6-3-7-14-27/h4-5,8-12,15,17H,3,6-7,13-14,16H2,1-2H3,(H2,25,26,28,31). The first-order valence-corrected chi connectivity index (χ1v) is 11.1. The molecule has 6 nitrogen and oxygen atoms in total. The van der Waals surface area contributed by atoms with Crippen LogP contribution in [-0.4, -0.2) is 41.5 Å². The van der Waals surface area contributed by atoms with Crippen molar-refractivity contribution in [3.05, 3.63) is 59.7 Å². The van der Waals surface area contributed by atoms with E-state index >= 15 is 0 Å². The first-order chi connectivity index (χ1) is 14.9. The number of benzene rings is 2. The van der Waals surface area contributed by atoms with Crippen molar-refractivity contribution in [3.63, 3.8) is 0 Å². The molecule has 31 heavy (non-hydrogen) atoms. The van der Waals surface area contributed by atoms with Crippen LogP contribution in [-0.2, 0) is 0 Å². The van der Waals surface area contributed by atoms with Gasteiger partial charge in [-0.3, -0.25) is 14.9 Å². The van der Waals surface area contributed by atoms with Crippen molar-refractivity contribution in [1.82, 2.24) is 10.2 Å². The van der Waals surface area contributed by atoms with Gasteiger partial charge in [-0.05, 0) is 67.7 Å². The summed E-state index contributed by atoms with van der Waals surface area (Å²) in [6.07, 6.45) is 3.20. The zero-order chi connectivity index (χ0) is 22.2. The Morgan fingerprint density at radius 3 is 2.55 bits per heavy atom. The molecule has 1 saturated heterocycles. The summed E-state index contributed by atoms with van der Waals surface area (Å²) >= 11 is 5.33. The minimum atomic E-state index is -0.340. The predicted octanol–water partition coefficient (Wildman–Crippen LogP) is 4.47. The molecule has 0 saturated carbocycles. The van der Waals surface area contributed by atoms with Crippen molar-refractivity contribution >= 4 is 34.8 Å². The van der Waals surface area contributed by atoms with Crippen LogP contribution in [0.1, 0.15) is 53.8 Å². The van der Waals surface area contributed by atoms with E-state index < -0.39 is 0 Å². The van der Waals surface area contributed by atoms with Crippen LogP contribution in [0.3, 0.4) is 0 Å². The smallest absolute Gasteiger partial charge is 0.257 e. The van der Waals surface area contributed by atoms with Crippen molar-refractivity contribution in [2.75, 3.05) is 25.0 Å². The topological polar surface area (TPSA) is 70.7 Å². The minimum Gasteiger partial charge on any atom is -0.493 e. The number of piperidine rings is 1. The molecule has 2 aromatic rings. The fourth-order valence-corrected chi connectivity index (χ4v) is 3.57. The number of thiocarbonyl (C=S) groups is 1. The Labute approximate surface area is 189 Å². The molecular weight excluding hydrogens is 410 g/mol. The van der Waals surface area contributed by atoms with E-state index in [0.717, 1.165) is 32.4 Å². The zero-order valence-corrected chi connectivity index (χ0v) is 18.8. The maximum Gasteiger partial charge on any atom is 0.257 e. The largest absolute Gasteiger partial charge is 0.493 e. The summed E-state index contributed by atoms with van der Waals surface area (Å²) in [5.41, 5.74) is 1.57. The summed E-state index contributed by atoms with van der Waals surface area (Å²) in [7, 11) is 0. The number of amides is 2. The number of nitrogens with one attached hydrogen (secondary N) is 2. The molecule has 0 aliphatic carbocycles. The molecule has 2 N–H and O–H groups in total. The van der Waals surface area contributed by atoms with E-state index in [0.29, 0.717) is 35.1 Å². The molecule has 0 radical (unpaired) electrons. The molecule has 164 valence electrons. The SMILES string of the molecule is CC(C)COc1cccc(C(=O)NC(=S)Nc2ccccc2C(=O)N2CCCCC2)c1. The Morgan fingerprint density at radius 2 is 1.81 bits per heavy atom. The van der Waals surface area contributed by atoms with Crippen molar-refractivity contribution in [3.8, 4) is 5.75 Å². The van der Waals surface area contributed by atoms with Crippen LogP contribution in [0.5, 0.6) is 5.75 Å². The van der Waals surface area contributed by atoms with Crippen LogP contribution in [0.25, 0.3) is 0 Å². The Bertz CT molecular complexity index is 939. The lowest BCUT2D eigenvalue weighted by atomic mass is 10.1. The highest BCUT2D eigenvalue weighted by Crippen LogP contribution is 2.20. The summed E-state index contributed by atoms with van der Waals surface area (Å²) in [5.74, 6) is 0.666. The fourth-order valence-electron chi connectivity index (χ4n) is 3.36. The van der Waals surface area contributed by atoms with Crippen molar-refractivity contribution in [1.29, 1.82) is 0 Å². The van der Waals surface area contributed by atoms with Gasteiger partial charge in [0.25, 0.3) is 11.8 Å². The molecule has 2 aromatic carbocycles. The molecule has 1 aliphatic rings. The molecule has 1 heterocycles. The number of nitrogens with zero attached hydrogens (tertiary/aromatic N) is 1. The van der Waals surface area contributed by atoms with Crippen LogP contribution in [0.15, 0.2) is 48.5 Å². The van der Waals surface area contributed by atoms with Crippen LogP contribution in [0, 0.1) is 5.92 Å². The lowest BCUT2D eigenvalue weighted by molar-refractivity contribution is 0.0725. The molecule has 0 spiro atoms. The Balaban J connectivity index is 1.64. The molecule has 7 heteroatoms. The molecule has 1 aliphatic heterocycles. The Hall–Kier alpha value is -2.93. The normalized spacial score (nSPS) is 13.6. The predicted molar refractivity (Wildman–Crippen MR) is 127 cm³/mol. The number of rotatable bonds is 6. The van der Waals surface area contributed by atoms with Gasteiger partial charge in [0.05, 0.1) is 17.9 Å². The maximum absolute atomic E-state index is 12.9. The van der Waals surface area contributed by atoms with Crippen LogP contribution >= 0.6 is 12.2 Å². The second-order valence-corrected chi connectivity index (χ2v) is 8.45. The lowest BCUT2D eigenvalue weighted by Gasteiger charge is -2.27. The number of carbonyl (C=O) groups excluding carboxylic acids is 2. The number of para-hydroxylation sites is 1. The molecule has 3 rings (SSSR count). The van der Waals surface area contributed by atoms with Gasteiger partial charge in [0.1, 0.15) is 5.75 Å². The first kappa shape index (κ1) is 22.7. The Morgan fingerprint density at radius 1 is 1.06 bits per heavy atom. The highest BCUT2D eigenvalue weighted by molar-refractivity contribution is 7.80. The van der Waals surface area contributed by atoms with Gasteiger partial charge in [0.15, 0.2) is 5.11 Å². The number of hydrogen-bond donors (Lipinski definition) is 2. The number of likely N-dealkylation sites (tertiary alicyclic amines) is 1. The third kappa shape index (κ3) is 6.52. The second kappa shape index (κ2) is 10.9. The monoisotopic (exact) mass is 439 g/mol. The van der Waals surface area contributed by atoms with Gasteiger partial charge in [-0.2, -0.15) is 0 Å². The highest BCUT2D eigenvalue weighted by atomic mass is 32.1. The number of ether oxygens (including phenoxy) is 1. The van der Waals surface area contributed by atoms with E-state index in [-0.39, 0.29) is 16.9 Å². The van der Waals surface area contributed by atoms with Gasteiger partial charge < -0.3 is 15.0 Å². The van der Waals surface area contributed by atoms with Gasteiger partial charge in [-0.1, -0.05) is 32.0 Å². The average molecular weight is 440 g/mol. The van der Waals surface area contributed by atoms with Gasteiger partial charge in [-0.15, -0.1) is 0 Å². The van der Waals surface area contributed by atoms with Gasteiger partial charge in [-0.25, -0.2) is 0 Å². The average Bonchev–Trinajstić information content (AvgIpc) is 2.78. The van der Waals surface area contributed by atoms with E-state index in [1.54, 1.807) is 30.3 Å². The van der Waals surface area contributed by atoms with Crippen LogP contribution in [0.2, 0.25) is 0 Å². The van der Waals surface area contributed by atoms with Gasteiger partial charge >= 0.3 is 0 Å². The molecule has 0 aromatic heterocycles. The fraction of sp³-hybridized carbons (Fsp3) is 0.375. The lowest BCUT2D eigenvalue weighted by Crippen LogP contribution is -2.37. The minimum absolute atomic E-state index is 0.0214. The summed E-state index contributed by atoms with van der Waals surface area (Å²) in [6, 6.07) is 14.2. The highest BCUT2D eigenvalue weighted by Gasteiger charge is 2.21. The van der Waals surface area contributed by atoms with E-state index in [4.69, 9.17) is 17.0 Å². The summed E-state index contributed by atoms with van der Waals surface area (Å²) in [5, 5.41) is 5.83. The summed E-state index contributed by atoms with van der Waals surface area (Å²) in [6.45, 7) is 6.24. The van der Waals surface area contributed by atoms with Crippen molar-refractivity contribution in [2.24, 2.45) is 5.92 Å². The molecule has 2 amide bonds. The molecule has 0 atom stereocenters. The molecule has 0 bridgehead atoms. The first-order valence-electron chi connectivity index (χ1n) is 10.7. The van der Waals surface area contributed by atoms with Crippen LogP contribution < -0.4 is 15.4 Å². The van der Waals surface area contributed by atoms with E-state index in [9.17, 15) is 9.59 Å². The zero-order valence-electron chi connectivity index (χ0n) is 18.0. The van der Waals surface area contributed by atoms with E-state index in [2.05, 4.69) is 24.5 Å². The number of anilines is 1.